The first-order chi connectivity index (χ1) is 3.52. The van der Waals surface area contributed by atoms with E-state index < -0.39 is 3.79 Å². The highest BCUT2D eigenvalue weighted by molar-refractivity contribution is 6.68. The van der Waals surface area contributed by atoms with E-state index in [1.807, 2.05) is 0 Å². The molecule has 1 aliphatic carbocycles. The van der Waals surface area contributed by atoms with Gasteiger partial charge in [-0.15, -0.1) is 11.6 Å². The molecule has 4 heteroatoms. The van der Waals surface area contributed by atoms with Gasteiger partial charge >= 0.3 is 0 Å². The van der Waals surface area contributed by atoms with Crippen molar-refractivity contribution in [3.8, 4) is 0 Å². The van der Waals surface area contributed by atoms with Crippen LogP contribution in [0.15, 0.2) is 0 Å². The zero-order valence-electron chi connectivity index (χ0n) is 3.87. The van der Waals surface area contributed by atoms with Crippen molar-refractivity contribution in [1.29, 1.82) is 0 Å². The predicted molar refractivity (Wildman–Crippen MR) is 38.0 cm³/mol. The van der Waals surface area contributed by atoms with Gasteiger partial charge in [-0.2, -0.15) is 0 Å². The second-order valence-electron chi connectivity index (χ2n) is 1.90. The van der Waals surface area contributed by atoms with Gasteiger partial charge in [0.15, 0.2) is 3.79 Å². The number of hydrogen-bond donors (Lipinski definition) is 0. The quantitative estimate of drug-likeness (QED) is 0.520. The summed E-state index contributed by atoms with van der Waals surface area (Å²) in [5.74, 6) is 0.0779. The third-order valence-corrected chi connectivity index (χ3v) is 2.46. The Morgan fingerprint density at radius 1 is 1.25 bits per heavy atom. The summed E-state index contributed by atoms with van der Waals surface area (Å²) in [6, 6.07) is 0. The van der Waals surface area contributed by atoms with Gasteiger partial charge in [0.1, 0.15) is 0 Å². The van der Waals surface area contributed by atoms with Gasteiger partial charge in [-0.05, 0) is 6.42 Å². The SMILES string of the molecule is Cl[C@H]1C[C@@H]1C(Cl)(Cl)Cl. The Kier molecular flexibility index (Phi) is 1.90. The van der Waals surface area contributed by atoms with Crippen molar-refractivity contribution in [1.82, 2.24) is 0 Å². The average molecular weight is 194 g/mol. The van der Waals surface area contributed by atoms with Crippen LogP contribution in [-0.2, 0) is 0 Å². The summed E-state index contributed by atoms with van der Waals surface area (Å²) in [5, 5.41) is 0.0856. The van der Waals surface area contributed by atoms with Gasteiger partial charge < -0.3 is 0 Å². The van der Waals surface area contributed by atoms with Gasteiger partial charge in [0.2, 0.25) is 0 Å². The third-order valence-electron chi connectivity index (χ3n) is 1.13. The fraction of sp³-hybridized carbons (Fsp3) is 1.00. The van der Waals surface area contributed by atoms with Crippen molar-refractivity contribution in [2.24, 2.45) is 5.92 Å². The molecule has 0 saturated heterocycles. The van der Waals surface area contributed by atoms with E-state index in [0.717, 1.165) is 6.42 Å². The number of rotatable bonds is 0. The van der Waals surface area contributed by atoms with Crippen molar-refractivity contribution in [3.63, 3.8) is 0 Å². The molecule has 1 rings (SSSR count). The molecule has 0 bridgehead atoms. The van der Waals surface area contributed by atoms with E-state index in [1.165, 1.54) is 0 Å². The van der Waals surface area contributed by atoms with Crippen molar-refractivity contribution >= 4 is 46.4 Å². The Morgan fingerprint density at radius 2 is 1.62 bits per heavy atom. The van der Waals surface area contributed by atoms with Crippen molar-refractivity contribution in [2.75, 3.05) is 0 Å². The molecule has 0 N–H and O–H groups in total. The molecule has 48 valence electrons. The molecule has 0 unspecified atom stereocenters. The van der Waals surface area contributed by atoms with E-state index in [4.69, 9.17) is 46.4 Å². The lowest BCUT2D eigenvalue weighted by molar-refractivity contribution is 0.877. The minimum Gasteiger partial charge on any atom is -0.123 e. The smallest absolute Gasteiger partial charge is 0.123 e. The molecule has 0 radical (unpaired) electrons. The lowest BCUT2D eigenvalue weighted by Gasteiger charge is -2.06. The molecular weight excluding hydrogens is 190 g/mol. The van der Waals surface area contributed by atoms with Crippen LogP contribution in [0.2, 0.25) is 0 Å². The fourth-order valence-electron chi connectivity index (χ4n) is 0.503. The standard InChI is InChI=1S/C4H4Cl4/c5-3-1-2(3)4(6,7)8/h2-3H,1H2/t2-,3-/m0/s1. The molecule has 0 aliphatic heterocycles. The van der Waals surface area contributed by atoms with Gasteiger partial charge in [0.25, 0.3) is 0 Å². The maximum Gasteiger partial charge on any atom is 0.194 e. The van der Waals surface area contributed by atoms with Gasteiger partial charge in [-0.1, -0.05) is 34.8 Å². The van der Waals surface area contributed by atoms with Gasteiger partial charge in [-0.25, -0.2) is 0 Å². The van der Waals surface area contributed by atoms with Crippen LogP contribution in [0.3, 0.4) is 0 Å². The molecule has 1 saturated carbocycles. The molecule has 0 aromatic heterocycles. The molecule has 0 aromatic carbocycles. The van der Waals surface area contributed by atoms with Crippen LogP contribution < -0.4 is 0 Å². The first-order valence-electron chi connectivity index (χ1n) is 2.22. The predicted octanol–water partition coefficient (Wildman–Crippen LogP) is 2.98. The number of hydrogen-bond acceptors (Lipinski definition) is 0. The summed E-state index contributed by atoms with van der Waals surface area (Å²) >= 11 is 22.0. The van der Waals surface area contributed by atoms with E-state index in [9.17, 15) is 0 Å². The highest BCUT2D eigenvalue weighted by Gasteiger charge is 2.49. The Balaban J connectivity index is 2.39. The van der Waals surface area contributed by atoms with E-state index in [1.54, 1.807) is 0 Å². The second kappa shape index (κ2) is 2.09. The number of alkyl halides is 4. The molecule has 0 amide bonds. The Morgan fingerprint density at radius 3 is 1.62 bits per heavy atom. The summed E-state index contributed by atoms with van der Waals surface area (Å²) in [5.41, 5.74) is 0. The largest absolute Gasteiger partial charge is 0.194 e. The van der Waals surface area contributed by atoms with E-state index in [-0.39, 0.29) is 11.3 Å². The first-order valence-corrected chi connectivity index (χ1v) is 3.79. The van der Waals surface area contributed by atoms with E-state index in [0.29, 0.717) is 0 Å². The van der Waals surface area contributed by atoms with Crippen molar-refractivity contribution in [2.45, 2.75) is 15.6 Å². The average Bonchev–Trinajstić information content (AvgIpc) is 2.13. The maximum atomic E-state index is 5.58. The monoisotopic (exact) mass is 192 g/mol. The van der Waals surface area contributed by atoms with E-state index >= 15 is 0 Å². The highest BCUT2D eigenvalue weighted by Crippen LogP contribution is 2.52. The molecule has 1 aliphatic rings. The molecular formula is C4H4Cl4. The summed E-state index contributed by atoms with van der Waals surface area (Å²) in [4.78, 5) is 0. The first kappa shape index (κ1) is 7.27. The summed E-state index contributed by atoms with van der Waals surface area (Å²) in [7, 11) is 0. The van der Waals surface area contributed by atoms with Crippen LogP contribution in [0.25, 0.3) is 0 Å². The Hall–Kier alpha value is 1.16. The summed E-state index contributed by atoms with van der Waals surface area (Å²) in [6.07, 6.45) is 0.831. The molecule has 0 heterocycles. The maximum absolute atomic E-state index is 5.58. The van der Waals surface area contributed by atoms with Crippen molar-refractivity contribution < 1.29 is 0 Å². The fourth-order valence-corrected chi connectivity index (χ4v) is 1.80. The summed E-state index contributed by atoms with van der Waals surface area (Å²) in [6.45, 7) is 0. The third kappa shape index (κ3) is 1.57. The van der Waals surface area contributed by atoms with Crippen LogP contribution in [0.1, 0.15) is 6.42 Å². The lowest BCUT2D eigenvalue weighted by Crippen LogP contribution is -2.06. The van der Waals surface area contributed by atoms with Gasteiger partial charge in [0, 0.05) is 11.3 Å². The lowest BCUT2D eigenvalue weighted by atomic mass is 10.5. The van der Waals surface area contributed by atoms with Crippen LogP contribution in [0, 0.1) is 5.92 Å². The molecule has 8 heavy (non-hydrogen) atoms. The van der Waals surface area contributed by atoms with Crippen LogP contribution in [0.5, 0.6) is 0 Å². The molecule has 1 fully saturated rings. The topological polar surface area (TPSA) is 0 Å². The zero-order chi connectivity index (χ0) is 6.36. The molecule has 2 atom stereocenters. The Bertz CT molecular complexity index is 94.7. The van der Waals surface area contributed by atoms with Crippen LogP contribution in [0.4, 0.5) is 0 Å². The van der Waals surface area contributed by atoms with Gasteiger partial charge in [0.05, 0.1) is 0 Å². The minimum absolute atomic E-state index is 0.0779. The van der Waals surface area contributed by atoms with Crippen molar-refractivity contribution in [3.05, 3.63) is 0 Å². The summed E-state index contributed by atoms with van der Waals surface area (Å²) < 4.78 is -1.13. The van der Waals surface area contributed by atoms with Crippen LogP contribution in [-0.4, -0.2) is 9.17 Å². The molecule has 0 aromatic rings. The minimum atomic E-state index is -1.13. The van der Waals surface area contributed by atoms with E-state index in [2.05, 4.69) is 0 Å². The van der Waals surface area contributed by atoms with Crippen LogP contribution >= 0.6 is 46.4 Å². The molecule has 0 spiro atoms. The zero-order valence-corrected chi connectivity index (χ0v) is 6.90. The normalized spacial score (nSPS) is 37.5. The van der Waals surface area contributed by atoms with Gasteiger partial charge in [-0.3, -0.25) is 0 Å². The molecule has 0 nitrogen and oxygen atoms in total. The number of halogens is 4. The second-order valence-corrected chi connectivity index (χ2v) is 4.83. The Labute approximate surface area is 68.0 Å². The highest BCUT2D eigenvalue weighted by atomic mass is 35.6.